The summed E-state index contributed by atoms with van der Waals surface area (Å²) < 4.78 is 18.1. The van der Waals surface area contributed by atoms with Gasteiger partial charge in [-0.15, -0.1) is 0 Å². The summed E-state index contributed by atoms with van der Waals surface area (Å²) in [7, 11) is 1.32. The fraction of sp³-hybridized carbons (Fsp3) is 0.222. The summed E-state index contributed by atoms with van der Waals surface area (Å²) >= 11 is 5.54. The molecule has 0 aromatic heterocycles. The third kappa shape index (κ3) is 2.10. The van der Waals surface area contributed by atoms with Crippen LogP contribution in [-0.4, -0.2) is 13.2 Å². The number of methoxy groups -OCH3 is 1. The summed E-state index contributed by atoms with van der Waals surface area (Å²) in [6, 6.07) is 2.93. The number of benzene rings is 1. The second kappa shape index (κ2) is 4.74. The molecule has 74 valence electrons. The molecule has 0 unspecified atom stereocenters. The first-order chi connectivity index (χ1) is 6.70. The Labute approximate surface area is 85.2 Å². The Balaban J connectivity index is 3.16. The number of halogens is 2. The molecular formula is C9H7ClFNO2. The first kappa shape index (κ1) is 10.7. The molecule has 1 aromatic carbocycles. The van der Waals surface area contributed by atoms with E-state index in [0.29, 0.717) is 5.56 Å². The molecule has 1 rings (SSSR count). The van der Waals surface area contributed by atoms with Gasteiger partial charge in [0.2, 0.25) is 6.08 Å². The number of ether oxygens (including phenoxy) is 1. The number of carbonyl (C=O) groups excluding carboxylic acids is 1. The Morgan fingerprint density at radius 3 is 2.93 bits per heavy atom. The Kier molecular flexibility index (Phi) is 3.63. The lowest BCUT2D eigenvalue weighted by molar-refractivity contribution is 0.381. The van der Waals surface area contributed by atoms with Crippen molar-refractivity contribution in [3.8, 4) is 5.75 Å². The molecule has 0 N–H and O–H groups in total. The van der Waals surface area contributed by atoms with E-state index in [0.717, 1.165) is 0 Å². The molecule has 0 bridgehead atoms. The fourth-order valence-electron chi connectivity index (χ4n) is 1.03. The summed E-state index contributed by atoms with van der Waals surface area (Å²) in [6.45, 7) is 0.0285. The third-order valence-corrected chi connectivity index (χ3v) is 1.94. The van der Waals surface area contributed by atoms with E-state index in [9.17, 15) is 9.18 Å². The average molecular weight is 216 g/mol. The largest absolute Gasteiger partial charge is 0.493 e. The molecule has 0 fully saturated rings. The molecule has 14 heavy (non-hydrogen) atoms. The van der Waals surface area contributed by atoms with Crippen LogP contribution in [0.25, 0.3) is 0 Å². The lowest BCUT2D eigenvalue weighted by Crippen LogP contribution is -1.95. The summed E-state index contributed by atoms with van der Waals surface area (Å²) in [6.07, 6.45) is 1.37. The number of aliphatic imine (C=N–C) groups is 1. The quantitative estimate of drug-likeness (QED) is 0.573. The second-order valence-electron chi connectivity index (χ2n) is 2.46. The zero-order chi connectivity index (χ0) is 10.6. The van der Waals surface area contributed by atoms with Crippen LogP contribution < -0.4 is 4.74 Å². The Hall–Kier alpha value is -1.38. The van der Waals surface area contributed by atoms with Crippen LogP contribution in [0.15, 0.2) is 17.1 Å². The van der Waals surface area contributed by atoms with Crippen molar-refractivity contribution in [3.63, 3.8) is 0 Å². The van der Waals surface area contributed by atoms with Crippen molar-refractivity contribution in [3.05, 3.63) is 28.5 Å². The Bertz CT molecular complexity index is 389. The highest BCUT2D eigenvalue weighted by atomic mass is 35.5. The zero-order valence-corrected chi connectivity index (χ0v) is 8.14. The van der Waals surface area contributed by atoms with Crippen LogP contribution in [0.2, 0.25) is 5.02 Å². The van der Waals surface area contributed by atoms with Gasteiger partial charge in [0.1, 0.15) is 0 Å². The van der Waals surface area contributed by atoms with Crippen molar-refractivity contribution in [2.45, 2.75) is 6.54 Å². The van der Waals surface area contributed by atoms with Crippen molar-refractivity contribution < 1.29 is 13.9 Å². The minimum absolute atomic E-state index is 0.0106. The maximum Gasteiger partial charge on any atom is 0.235 e. The molecule has 0 amide bonds. The van der Waals surface area contributed by atoms with Gasteiger partial charge in [0.15, 0.2) is 11.6 Å². The zero-order valence-electron chi connectivity index (χ0n) is 7.38. The van der Waals surface area contributed by atoms with Crippen LogP contribution in [0.3, 0.4) is 0 Å². The second-order valence-corrected chi connectivity index (χ2v) is 2.87. The first-order valence-electron chi connectivity index (χ1n) is 3.75. The van der Waals surface area contributed by atoms with E-state index in [1.807, 2.05) is 0 Å². The molecule has 0 radical (unpaired) electrons. The summed E-state index contributed by atoms with van der Waals surface area (Å²) in [5.74, 6) is -0.635. The molecule has 3 nitrogen and oxygen atoms in total. The van der Waals surface area contributed by atoms with E-state index in [1.54, 1.807) is 6.07 Å². The van der Waals surface area contributed by atoms with E-state index in [4.69, 9.17) is 16.3 Å². The number of hydrogen-bond acceptors (Lipinski definition) is 3. The van der Waals surface area contributed by atoms with Gasteiger partial charge in [-0.1, -0.05) is 17.7 Å². The van der Waals surface area contributed by atoms with Crippen LogP contribution in [0.4, 0.5) is 4.39 Å². The van der Waals surface area contributed by atoms with E-state index >= 15 is 0 Å². The van der Waals surface area contributed by atoms with Gasteiger partial charge in [-0.3, -0.25) is 0 Å². The number of rotatable bonds is 3. The first-order valence-corrected chi connectivity index (χ1v) is 4.13. The Morgan fingerprint density at radius 2 is 2.36 bits per heavy atom. The predicted molar refractivity (Wildman–Crippen MR) is 49.8 cm³/mol. The van der Waals surface area contributed by atoms with Gasteiger partial charge in [-0.05, 0) is 6.07 Å². The van der Waals surface area contributed by atoms with E-state index < -0.39 is 5.82 Å². The molecule has 0 atom stereocenters. The van der Waals surface area contributed by atoms with E-state index in [1.165, 1.54) is 19.3 Å². The maximum absolute atomic E-state index is 13.3. The molecule has 0 aliphatic rings. The van der Waals surface area contributed by atoms with Crippen LogP contribution in [0.1, 0.15) is 5.56 Å². The van der Waals surface area contributed by atoms with Gasteiger partial charge < -0.3 is 4.74 Å². The molecule has 0 heterocycles. The van der Waals surface area contributed by atoms with E-state index in [-0.39, 0.29) is 17.3 Å². The lowest BCUT2D eigenvalue weighted by atomic mass is 10.2. The van der Waals surface area contributed by atoms with Gasteiger partial charge in [-0.25, -0.2) is 14.2 Å². The van der Waals surface area contributed by atoms with Crippen molar-refractivity contribution in [1.29, 1.82) is 0 Å². The third-order valence-electron chi connectivity index (χ3n) is 1.65. The van der Waals surface area contributed by atoms with Crippen LogP contribution >= 0.6 is 11.6 Å². The van der Waals surface area contributed by atoms with Crippen LogP contribution in [0, 0.1) is 5.82 Å². The smallest absolute Gasteiger partial charge is 0.235 e. The topological polar surface area (TPSA) is 38.7 Å². The lowest BCUT2D eigenvalue weighted by Gasteiger charge is -2.07. The minimum atomic E-state index is -0.646. The van der Waals surface area contributed by atoms with Crippen molar-refractivity contribution >= 4 is 17.7 Å². The fourth-order valence-corrected chi connectivity index (χ4v) is 1.18. The monoisotopic (exact) mass is 215 g/mol. The normalized spacial score (nSPS) is 9.36. The number of isocyanates is 1. The van der Waals surface area contributed by atoms with Crippen LogP contribution in [-0.2, 0) is 11.3 Å². The van der Waals surface area contributed by atoms with Crippen molar-refractivity contribution in [1.82, 2.24) is 0 Å². The summed E-state index contributed by atoms with van der Waals surface area (Å²) in [4.78, 5) is 13.2. The predicted octanol–water partition coefficient (Wildman–Crippen LogP) is 2.32. The molecule has 0 aliphatic carbocycles. The molecular weight excluding hydrogens is 209 g/mol. The SMILES string of the molecule is COc1c(CN=C=O)ccc(Cl)c1F. The standard InChI is InChI=1S/C9H7ClFNO2/c1-14-9-6(4-12-5-13)2-3-7(10)8(9)11/h2-3H,4H2,1H3. The molecule has 5 heteroatoms. The highest BCUT2D eigenvalue weighted by Gasteiger charge is 2.12. The van der Waals surface area contributed by atoms with Gasteiger partial charge >= 0.3 is 0 Å². The van der Waals surface area contributed by atoms with Crippen LogP contribution in [0.5, 0.6) is 5.75 Å². The molecule has 1 aromatic rings. The highest BCUT2D eigenvalue weighted by molar-refractivity contribution is 6.30. The maximum atomic E-state index is 13.3. The van der Waals surface area contributed by atoms with Gasteiger partial charge in [0.05, 0.1) is 18.7 Å². The van der Waals surface area contributed by atoms with Gasteiger partial charge in [0, 0.05) is 5.56 Å². The molecule has 0 saturated heterocycles. The van der Waals surface area contributed by atoms with Gasteiger partial charge in [-0.2, -0.15) is 0 Å². The van der Waals surface area contributed by atoms with Crippen molar-refractivity contribution in [2.75, 3.05) is 7.11 Å². The molecule has 0 aliphatic heterocycles. The number of hydrogen-bond donors (Lipinski definition) is 0. The highest BCUT2D eigenvalue weighted by Crippen LogP contribution is 2.28. The molecule has 0 spiro atoms. The summed E-state index contributed by atoms with van der Waals surface area (Å²) in [5, 5.41) is -0.0271. The van der Waals surface area contributed by atoms with E-state index in [2.05, 4.69) is 4.99 Å². The number of nitrogens with zero attached hydrogens (tertiary/aromatic N) is 1. The molecule has 0 saturated carbocycles. The summed E-state index contributed by atoms with van der Waals surface area (Å²) in [5.41, 5.74) is 0.456. The van der Waals surface area contributed by atoms with Crippen molar-refractivity contribution in [2.24, 2.45) is 4.99 Å². The van der Waals surface area contributed by atoms with Gasteiger partial charge in [0.25, 0.3) is 0 Å². The minimum Gasteiger partial charge on any atom is -0.493 e. The average Bonchev–Trinajstić information content (AvgIpc) is 2.20. The Morgan fingerprint density at radius 1 is 1.64 bits per heavy atom.